The monoisotopic (exact) mass is 466 g/mol. The molecule has 0 bridgehead atoms. The van der Waals surface area contributed by atoms with Crippen LogP contribution in [0.4, 0.5) is 0 Å². The van der Waals surface area contributed by atoms with Gasteiger partial charge in [-0.2, -0.15) is 4.98 Å². The number of benzene rings is 2. The molecule has 1 N–H and O–H groups in total. The number of aliphatic carboxylic acids is 1. The van der Waals surface area contributed by atoms with E-state index < -0.39 is 5.97 Å². The minimum absolute atomic E-state index is 0. The molecular formula is C25H27ClN4O3. The van der Waals surface area contributed by atoms with Gasteiger partial charge in [-0.1, -0.05) is 17.3 Å². The van der Waals surface area contributed by atoms with Gasteiger partial charge in [0, 0.05) is 47.4 Å². The van der Waals surface area contributed by atoms with E-state index in [0.29, 0.717) is 24.3 Å². The van der Waals surface area contributed by atoms with E-state index in [9.17, 15) is 4.79 Å². The van der Waals surface area contributed by atoms with E-state index in [4.69, 9.17) is 14.6 Å². The number of hydrogen-bond donors (Lipinski definition) is 1. The SMILES string of the molecule is Cc1c(-c2noc(-c3ccc4c(ccn4C(C)C)c3)n2)ccc2c1CCN(CC(=O)O)C2.Cl. The highest BCUT2D eigenvalue weighted by molar-refractivity contribution is 5.85. The summed E-state index contributed by atoms with van der Waals surface area (Å²) < 4.78 is 7.87. The van der Waals surface area contributed by atoms with Gasteiger partial charge in [0.25, 0.3) is 5.89 Å². The third kappa shape index (κ3) is 4.26. The highest BCUT2D eigenvalue weighted by atomic mass is 35.5. The second kappa shape index (κ2) is 9.00. The normalized spacial score (nSPS) is 13.8. The summed E-state index contributed by atoms with van der Waals surface area (Å²) in [6.45, 7) is 7.87. The molecule has 5 rings (SSSR count). The maximum Gasteiger partial charge on any atom is 0.317 e. The Bertz CT molecular complexity index is 1320. The van der Waals surface area contributed by atoms with Gasteiger partial charge in [-0.25, -0.2) is 0 Å². The van der Waals surface area contributed by atoms with Crippen molar-refractivity contribution in [2.75, 3.05) is 13.1 Å². The Labute approximate surface area is 198 Å². The number of halogens is 1. The largest absolute Gasteiger partial charge is 0.480 e. The van der Waals surface area contributed by atoms with Crippen molar-refractivity contribution in [2.24, 2.45) is 0 Å². The Kier molecular flexibility index (Phi) is 6.28. The lowest BCUT2D eigenvalue weighted by Gasteiger charge is -2.28. The van der Waals surface area contributed by atoms with Crippen LogP contribution in [0.1, 0.15) is 36.6 Å². The van der Waals surface area contributed by atoms with Crippen LogP contribution in [0.2, 0.25) is 0 Å². The summed E-state index contributed by atoms with van der Waals surface area (Å²) in [7, 11) is 0. The van der Waals surface area contributed by atoms with Gasteiger partial charge >= 0.3 is 5.97 Å². The van der Waals surface area contributed by atoms with Gasteiger partial charge in [0.05, 0.1) is 6.54 Å². The molecule has 33 heavy (non-hydrogen) atoms. The molecule has 172 valence electrons. The number of rotatable bonds is 5. The molecule has 7 nitrogen and oxygen atoms in total. The molecule has 0 atom stereocenters. The van der Waals surface area contributed by atoms with Crippen LogP contribution >= 0.6 is 12.4 Å². The van der Waals surface area contributed by atoms with E-state index in [-0.39, 0.29) is 19.0 Å². The van der Waals surface area contributed by atoms with Crippen molar-refractivity contribution in [3.8, 4) is 22.8 Å². The summed E-state index contributed by atoms with van der Waals surface area (Å²) in [5.74, 6) is 0.289. The van der Waals surface area contributed by atoms with Crippen molar-refractivity contribution < 1.29 is 14.4 Å². The molecule has 0 spiro atoms. The Morgan fingerprint density at radius 2 is 2.03 bits per heavy atom. The van der Waals surface area contributed by atoms with E-state index >= 15 is 0 Å². The molecule has 0 aliphatic carbocycles. The van der Waals surface area contributed by atoms with Gasteiger partial charge < -0.3 is 14.2 Å². The van der Waals surface area contributed by atoms with Crippen LogP contribution in [-0.2, 0) is 17.8 Å². The molecule has 1 aliphatic rings. The number of carboxylic acids is 1. The maximum absolute atomic E-state index is 11.0. The third-order valence-corrected chi connectivity index (χ3v) is 6.32. The minimum atomic E-state index is -0.792. The molecule has 0 saturated carbocycles. The van der Waals surface area contributed by atoms with Crippen molar-refractivity contribution in [1.29, 1.82) is 0 Å². The fourth-order valence-electron chi connectivity index (χ4n) is 4.66. The van der Waals surface area contributed by atoms with Crippen LogP contribution in [0.25, 0.3) is 33.7 Å². The van der Waals surface area contributed by atoms with Gasteiger partial charge in [0.2, 0.25) is 5.82 Å². The first-order chi connectivity index (χ1) is 15.4. The summed E-state index contributed by atoms with van der Waals surface area (Å²) in [5, 5.41) is 14.5. The van der Waals surface area contributed by atoms with Crippen molar-refractivity contribution in [3.05, 3.63) is 59.3 Å². The number of carboxylic acid groups (broad SMARTS) is 1. The van der Waals surface area contributed by atoms with Crippen LogP contribution < -0.4 is 0 Å². The van der Waals surface area contributed by atoms with Gasteiger partial charge in [0.1, 0.15) is 0 Å². The van der Waals surface area contributed by atoms with Crippen molar-refractivity contribution in [2.45, 2.75) is 39.8 Å². The van der Waals surface area contributed by atoms with Crippen LogP contribution in [0.5, 0.6) is 0 Å². The topological polar surface area (TPSA) is 84.4 Å². The number of nitrogens with zero attached hydrogens (tertiary/aromatic N) is 4. The molecule has 4 aromatic rings. The molecule has 8 heteroatoms. The summed E-state index contributed by atoms with van der Waals surface area (Å²) in [6, 6.07) is 12.8. The second-order valence-electron chi connectivity index (χ2n) is 8.74. The van der Waals surface area contributed by atoms with Crippen LogP contribution in [0.3, 0.4) is 0 Å². The first-order valence-electron chi connectivity index (χ1n) is 10.9. The summed E-state index contributed by atoms with van der Waals surface area (Å²) in [5.41, 5.74) is 6.60. The lowest BCUT2D eigenvalue weighted by molar-refractivity contribution is -0.138. The maximum atomic E-state index is 11.0. The predicted octanol–water partition coefficient (Wildman–Crippen LogP) is 5.11. The summed E-state index contributed by atoms with van der Waals surface area (Å²) >= 11 is 0. The lowest BCUT2D eigenvalue weighted by atomic mass is 9.91. The molecule has 0 fully saturated rings. The van der Waals surface area contributed by atoms with E-state index in [2.05, 4.69) is 61.0 Å². The van der Waals surface area contributed by atoms with Crippen LogP contribution in [-0.4, -0.2) is 43.8 Å². The van der Waals surface area contributed by atoms with Gasteiger partial charge in [0.15, 0.2) is 0 Å². The van der Waals surface area contributed by atoms with Crippen LogP contribution in [0.15, 0.2) is 47.1 Å². The number of hydrogen-bond acceptors (Lipinski definition) is 5. The molecule has 2 aromatic heterocycles. The highest BCUT2D eigenvalue weighted by Gasteiger charge is 2.22. The summed E-state index contributed by atoms with van der Waals surface area (Å²) in [6.07, 6.45) is 2.92. The zero-order valence-electron chi connectivity index (χ0n) is 18.9. The second-order valence-corrected chi connectivity index (χ2v) is 8.74. The quantitative estimate of drug-likeness (QED) is 0.440. The fraction of sp³-hybridized carbons (Fsp3) is 0.320. The molecule has 2 aromatic carbocycles. The van der Waals surface area contributed by atoms with E-state index in [1.165, 1.54) is 16.6 Å². The lowest BCUT2D eigenvalue weighted by Crippen LogP contribution is -2.35. The minimum Gasteiger partial charge on any atom is -0.480 e. The predicted molar refractivity (Wildman–Crippen MR) is 130 cm³/mol. The Morgan fingerprint density at radius 1 is 1.21 bits per heavy atom. The average Bonchev–Trinajstić information content (AvgIpc) is 3.40. The van der Waals surface area contributed by atoms with Gasteiger partial charge in [-0.05, 0) is 68.1 Å². The van der Waals surface area contributed by atoms with Crippen molar-refractivity contribution in [3.63, 3.8) is 0 Å². The summed E-state index contributed by atoms with van der Waals surface area (Å²) in [4.78, 5) is 17.7. The smallest absolute Gasteiger partial charge is 0.317 e. The Balaban J connectivity index is 0.00000259. The molecule has 0 saturated heterocycles. The van der Waals surface area contributed by atoms with Gasteiger partial charge in [-0.15, -0.1) is 12.4 Å². The zero-order valence-corrected chi connectivity index (χ0v) is 19.7. The third-order valence-electron chi connectivity index (χ3n) is 6.32. The zero-order chi connectivity index (χ0) is 22.4. The molecule has 0 amide bonds. The van der Waals surface area contributed by atoms with Crippen molar-refractivity contribution in [1.82, 2.24) is 19.6 Å². The highest BCUT2D eigenvalue weighted by Crippen LogP contribution is 2.32. The number of fused-ring (bicyclic) bond motifs is 2. The Hall–Kier alpha value is -3.16. The molecule has 0 unspecified atom stereocenters. The van der Waals surface area contributed by atoms with E-state index in [0.717, 1.165) is 35.0 Å². The molecule has 1 aliphatic heterocycles. The first kappa shape index (κ1) is 23.0. The van der Waals surface area contributed by atoms with E-state index in [1.54, 1.807) is 0 Å². The number of carbonyl (C=O) groups is 1. The van der Waals surface area contributed by atoms with Crippen molar-refractivity contribution >= 4 is 29.3 Å². The average molecular weight is 467 g/mol. The Morgan fingerprint density at radius 3 is 2.79 bits per heavy atom. The number of aromatic nitrogens is 3. The molecular weight excluding hydrogens is 440 g/mol. The van der Waals surface area contributed by atoms with E-state index in [1.807, 2.05) is 17.0 Å². The molecule has 3 heterocycles. The first-order valence-corrected chi connectivity index (χ1v) is 10.9. The van der Waals surface area contributed by atoms with Gasteiger partial charge in [-0.3, -0.25) is 9.69 Å². The fourth-order valence-corrected chi connectivity index (χ4v) is 4.66. The standard InChI is InChI=1S/C25H26N4O3.ClH/c1-15(2)29-11-8-17-12-18(5-7-22(17)29)25-26-24(27-32-25)21-6-4-19-13-28(14-23(30)31)10-9-20(19)16(21)3;/h4-8,11-12,15H,9-10,13-14H2,1-3H3,(H,30,31);1H. The van der Waals surface area contributed by atoms with Crippen LogP contribution in [0, 0.1) is 6.92 Å². The molecule has 0 radical (unpaired) electrons.